The van der Waals surface area contributed by atoms with Crippen molar-refractivity contribution in [3.05, 3.63) is 26.6 Å². The van der Waals surface area contributed by atoms with Crippen LogP contribution in [0.5, 0.6) is 5.75 Å². The zero-order chi connectivity index (χ0) is 14.8. The van der Waals surface area contributed by atoms with Gasteiger partial charge in [0.05, 0.1) is 43.2 Å². The molecule has 0 aliphatic heterocycles. The maximum absolute atomic E-state index is 11.3. The number of halogens is 2. The van der Waals surface area contributed by atoms with Crippen LogP contribution in [0.4, 0.5) is 0 Å². The van der Waals surface area contributed by atoms with Crippen LogP contribution in [0.2, 0.25) is 0 Å². The van der Waals surface area contributed by atoms with Gasteiger partial charge >= 0.3 is 0 Å². The van der Waals surface area contributed by atoms with Gasteiger partial charge in [-0.25, -0.2) is 0 Å². The van der Waals surface area contributed by atoms with Gasteiger partial charge in [-0.3, -0.25) is 0 Å². The molecule has 1 rings (SSSR count). The zero-order valence-corrected chi connectivity index (χ0v) is 14.5. The van der Waals surface area contributed by atoms with Crippen molar-refractivity contribution in [3.63, 3.8) is 0 Å². The number of rotatable bonds is 5. The Morgan fingerprint density at radius 3 is 2.11 bits per heavy atom. The van der Waals surface area contributed by atoms with Crippen LogP contribution >= 0.6 is 31.9 Å². The quantitative estimate of drug-likeness (QED) is 0.712. The van der Waals surface area contributed by atoms with Crippen LogP contribution < -0.4 is 9.84 Å². The van der Waals surface area contributed by atoms with Gasteiger partial charge in [0, 0.05) is 6.42 Å². The van der Waals surface area contributed by atoms with E-state index in [1.54, 1.807) is 7.11 Å². The Morgan fingerprint density at radius 2 is 1.79 bits per heavy atom. The number of carbonyl (C=O) groups excluding carboxylic acids is 1. The first-order valence-corrected chi connectivity index (χ1v) is 7.29. The third kappa shape index (κ3) is 4.19. The monoisotopic (exact) mass is 393 g/mol. The van der Waals surface area contributed by atoms with Gasteiger partial charge in [-0.2, -0.15) is 0 Å². The summed E-state index contributed by atoms with van der Waals surface area (Å²) in [6.45, 7) is 0. The van der Waals surface area contributed by atoms with Crippen LogP contribution in [0.1, 0.15) is 5.56 Å². The van der Waals surface area contributed by atoms with E-state index in [-0.39, 0.29) is 0 Å². The van der Waals surface area contributed by atoms with E-state index >= 15 is 0 Å². The van der Waals surface area contributed by atoms with Crippen molar-refractivity contribution >= 4 is 37.8 Å². The lowest BCUT2D eigenvalue weighted by Gasteiger charge is -2.34. The van der Waals surface area contributed by atoms with Crippen molar-refractivity contribution in [1.29, 1.82) is 0 Å². The normalized spacial score (nSPS) is 13.2. The van der Waals surface area contributed by atoms with Crippen molar-refractivity contribution in [3.8, 4) is 5.75 Å². The van der Waals surface area contributed by atoms with Crippen LogP contribution in [0, 0.1) is 0 Å². The zero-order valence-electron chi connectivity index (χ0n) is 11.4. The van der Waals surface area contributed by atoms with Gasteiger partial charge < -0.3 is 19.1 Å². The number of quaternary nitrogens is 1. The molecule has 0 aromatic heterocycles. The summed E-state index contributed by atoms with van der Waals surface area (Å²) in [5, 5.41) is 11.3. The van der Waals surface area contributed by atoms with Crippen molar-refractivity contribution in [1.82, 2.24) is 0 Å². The molecule has 0 saturated heterocycles. The highest BCUT2D eigenvalue weighted by Crippen LogP contribution is 2.35. The molecule has 0 saturated carbocycles. The molecule has 0 amide bonds. The second-order valence-electron chi connectivity index (χ2n) is 5.25. The number of hydrogen-bond acceptors (Lipinski definition) is 3. The van der Waals surface area contributed by atoms with E-state index in [1.807, 2.05) is 33.3 Å². The number of likely N-dealkylation sites (N-methyl/N-ethyl adjacent to an activating group) is 1. The number of nitrogens with zero attached hydrogens (tertiary/aromatic N) is 1. The van der Waals surface area contributed by atoms with Gasteiger partial charge in [0.15, 0.2) is 0 Å². The van der Waals surface area contributed by atoms with E-state index in [0.717, 1.165) is 14.5 Å². The third-order valence-electron chi connectivity index (χ3n) is 2.90. The molecule has 0 spiro atoms. The smallest absolute Gasteiger partial charge is 0.147 e. The Kier molecular flexibility index (Phi) is 5.41. The Bertz CT molecular complexity index is 460. The first kappa shape index (κ1) is 16.5. The average Bonchev–Trinajstić information content (AvgIpc) is 2.23. The SMILES string of the molecule is COc1c(Br)cc(CC(C(=O)[O-])[N+](C)(C)C)cc1Br. The van der Waals surface area contributed by atoms with Crippen LogP contribution in [-0.2, 0) is 11.2 Å². The number of ether oxygens (including phenoxy) is 1. The van der Waals surface area contributed by atoms with Crippen molar-refractivity contribution in [2.75, 3.05) is 28.3 Å². The van der Waals surface area contributed by atoms with Crippen LogP contribution in [0.15, 0.2) is 21.1 Å². The third-order valence-corrected chi connectivity index (χ3v) is 4.08. The highest BCUT2D eigenvalue weighted by molar-refractivity contribution is 9.11. The molecule has 6 heteroatoms. The molecule has 0 aliphatic carbocycles. The number of methoxy groups -OCH3 is 1. The Labute approximate surface area is 130 Å². The van der Waals surface area contributed by atoms with Gasteiger partial charge in [-0.1, -0.05) is 0 Å². The van der Waals surface area contributed by atoms with E-state index in [0.29, 0.717) is 16.7 Å². The lowest BCUT2D eigenvalue weighted by molar-refractivity contribution is -0.889. The average molecular weight is 395 g/mol. The summed E-state index contributed by atoms with van der Waals surface area (Å²) < 4.78 is 7.11. The fourth-order valence-corrected chi connectivity index (χ4v) is 3.43. The molecule has 0 radical (unpaired) electrons. The summed E-state index contributed by atoms with van der Waals surface area (Å²) in [7, 11) is 7.11. The number of benzene rings is 1. The molecule has 1 aromatic rings. The maximum atomic E-state index is 11.3. The molecule has 4 nitrogen and oxygen atoms in total. The van der Waals surface area contributed by atoms with E-state index in [2.05, 4.69) is 31.9 Å². The number of aliphatic carboxylic acids is 1. The van der Waals surface area contributed by atoms with E-state index < -0.39 is 12.0 Å². The molecule has 0 bridgehead atoms. The molecule has 1 atom stereocenters. The van der Waals surface area contributed by atoms with Gasteiger partial charge in [0.2, 0.25) is 0 Å². The molecule has 19 heavy (non-hydrogen) atoms. The first-order chi connectivity index (χ1) is 8.66. The molecular formula is C13H17Br2NO3. The summed E-state index contributed by atoms with van der Waals surface area (Å²) in [6.07, 6.45) is 0.396. The molecule has 0 N–H and O–H groups in total. The molecule has 106 valence electrons. The predicted octanol–water partition coefficient (Wildman–Crippen LogP) is 1.59. The standard InChI is InChI=1S/C13H17Br2NO3/c1-16(2,3)11(13(17)18)7-8-5-9(14)12(19-4)10(15)6-8/h5-6,11H,7H2,1-4H3. The topological polar surface area (TPSA) is 49.4 Å². The van der Waals surface area contributed by atoms with Gasteiger partial charge in [-0.15, -0.1) is 0 Å². The van der Waals surface area contributed by atoms with E-state index in [9.17, 15) is 9.90 Å². The number of carbonyl (C=O) groups is 1. The summed E-state index contributed by atoms with van der Waals surface area (Å²) in [5.74, 6) is -0.352. The van der Waals surface area contributed by atoms with Crippen LogP contribution in [0.25, 0.3) is 0 Å². The van der Waals surface area contributed by atoms with Crippen LogP contribution in [-0.4, -0.2) is 44.7 Å². The molecule has 0 fully saturated rings. The lowest BCUT2D eigenvalue weighted by Crippen LogP contribution is -2.55. The van der Waals surface area contributed by atoms with Crippen LogP contribution in [0.3, 0.4) is 0 Å². The molecule has 1 unspecified atom stereocenters. The molecule has 0 aliphatic rings. The summed E-state index contributed by atoms with van der Waals surface area (Å²) >= 11 is 6.82. The largest absolute Gasteiger partial charge is 0.544 e. The van der Waals surface area contributed by atoms with Gasteiger partial charge in [0.25, 0.3) is 0 Å². The number of carboxylic acids is 1. The minimum Gasteiger partial charge on any atom is -0.544 e. The number of carboxylic acid groups (broad SMARTS) is 1. The first-order valence-electron chi connectivity index (χ1n) is 5.70. The maximum Gasteiger partial charge on any atom is 0.147 e. The predicted molar refractivity (Wildman–Crippen MR) is 78.9 cm³/mol. The van der Waals surface area contributed by atoms with Gasteiger partial charge in [0.1, 0.15) is 11.8 Å². The van der Waals surface area contributed by atoms with Crippen molar-refractivity contribution in [2.45, 2.75) is 12.5 Å². The second kappa shape index (κ2) is 6.24. The molecule has 0 heterocycles. The van der Waals surface area contributed by atoms with E-state index in [4.69, 9.17) is 4.74 Å². The summed E-state index contributed by atoms with van der Waals surface area (Å²) in [6, 6.07) is 3.14. The van der Waals surface area contributed by atoms with Gasteiger partial charge in [-0.05, 0) is 49.6 Å². The van der Waals surface area contributed by atoms with Crippen molar-refractivity contribution < 1.29 is 19.1 Å². The van der Waals surface area contributed by atoms with Crippen molar-refractivity contribution in [2.24, 2.45) is 0 Å². The minimum absolute atomic E-state index is 0.309. The number of hydrogen-bond donors (Lipinski definition) is 0. The molecule has 1 aromatic carbocycles. The highest BCUT2D eigenvalue weighted by Gasteiger charge is 2.26. The molecular weight excluding hydrogens is 378 g/mol. The Balaban J connectivity index is 3.08. The second-order valence-corrected chi connectivity index (χ2v) is 6.96. The summed E-state index contributed by atoms with van der Waals surface area (Å²) in [4.78, 5) is 11.3. The fourth-order valence-electron chi connectivity index (χ4n) is 1.82. The highest BCUT2D eigenvalue weighted by atomic mass is 79.9. The summed E-state index contributed by atoms with van der Waals surface area (Å²) in [5.41, 5.74) is 0.904. The van der Waals surface area contributed by atoms with E-state index in [1.165, 1.54) is 0 Å². The Morgan fingerprint density at radius 1 is 1.32 bits per heavy atom. The lowest BCUT2D eigenvalue weighted by atomic mass is 10.0. The Hall–Kier alpha value is -0.590. The minimum atomic E-state index is -1.05. The fraction of sp³-hybridized carbons (Fsp3) is 0.462.